The number of aryl methyl sites for hydroxylation is 1. The van der Waals surface area contributed by atoms with Crippen LogP contribution in [-0.2, 0) is 0 Å². The molecule has 0 radical (unpaired) electrons. The number of halogens is 1. The van der Waals surface area contributed by atoms with Crippen LogP contribution in [0.2, 0.25) is 0 Å². The van der Waals surface area contributed by atoms with Gasteiger partial charge in [0.05, 0.1) is 4.21 Å². The molecule has 1 aromatic heterocycles. The molecule has 13 heavy (non-hydrogen) atoms. The van der Waals surface area contributed by atoms with Crippen molar-refractivity contribution in [2.45, 2.75) is 11.1 Å². The molecule has 0 amide bonds. The lowest BCUT2D eigenvalue weighted by Gasteiger charge is -1.96. The number of fused-ring (bicyclic) bond motifs is 1. The second-order valence-corrected chi connectivity index (χ2v) is 6.20. The van der Waals surface area contributed by atoms with E-state index in [2.05, 4.69) is 54.0 Å². The zero-order valence-electron chi connectivity index (χ0n) is 7.43. The number of benzene rings is 1. The Morgan fingerprint density at radius 1 is 1.38 bits per heavy atom. The first-order chi connectivity index (χ1) is 6.22. The van der Waals surface area contributed by atoms with E-state index in [0.717, 1.165) is 0 Å². The average molecular weight is 320 g/mol. The van der Waals surface area contributed by atoms with Gasteiger partial charge in [0.2, 0.25) is 0 Å². The molecule has 0 atom stereocenters. The molecular formula is C10H9IS2. The van der Waals surface area contributed by atoms with E-state index in [1.807, 2.05) is 23.1 Å². The maximum atomic E-state index is 2.40. The molecule has 0 N–H and O–H groups in total. The molecule has 0 aliphatic heterocycles. The lowest BCUT2D eigenvalue weighted by Crippen LogP contribution is -1.74. The van der Waals surface area contributed by atoms with E-state index in [1.54, 1.807) is 0 Å². The molecule has 1 aromatic carbocycles. The van der Waals surface area contributed by atoms with Crippen molar-refractivity contribution in [3.63, 3.8) is 0 Å². The second-order valence-electron chi connectivity index (χ2n) is 2.88. The highest BCUT2D eigenvalue weighted by Gasteiger charge is 2.05. The summed E-state index contributed by atoms with van der Waals surface area (Å²) < 4.78 is 4.20. The van der Waals surface area contributed by atoms with Crippen molar-refractivity contribution in [3.05, 3.63) is 27.3 Å². The summed E-state index contributed by atoms with van der Waals surface area (Å²) in [5.41, 5.74) is 1.39. The van der Waals surface area contributed by atoms with Gasteiger partial charge < -0.3 is 0 Å². The molecule has 0 saturated heterocycles. The Balaban J connectivity index is 2.80. The van der Waals surface area contributed by atoms with Gasteiger partial charge >= 0.3 is 0 Å². The monoisotopic (exact) mass is 320 g/mol. The number of hydrogen-bond donors (Lipinski definition) is 0. The lowest BCUT2D eigenvalue weighted by molar-refractivity contribution is 1.54. The van der Waals surface area contributed by atoms with Crippen molar-refractivity contribution >= 4 is 55.8 Å². The smallest absolute Gasteiger partial charge is 0.0608 e. The van der Waals surface area contributed by atoms with E-state index in [4.69, 9.17) is 0 Å². The van der Waals surface area contributed by atoms with Crippen LogP contribution in [0.3, 0.4) is 0 Å². The highest BCUT2D eigenvalue weighted by atomic mass is 127. The highest BCUT2D eigenvalue weighted by molar-refractivity contribution is 14.1. The number of thiophene rings is 1. The van der Waals surface area contributed by atoms with Crippen LogP contribution in [-0.4, -0.2) is 6.26 Å². The van der Waals surface area contributed by atoms with Gasteiger partial charge in [-0.3, -0.25) is 0 Å². The van der Waals surface area contributed by atoms with Crippen LogP contribution in [0.1, 0.15) is 5.56 Å². The van der Waals surface area contributed by atoms with Crippen LogP contribution < -0.4 is 0 Å². The normalized spacial score (nSPS) is 11.0. The van der Waals surface area contributed by atoms with E-state index in [-0.39, 0.29) is 0 Å². The van der Waals surface area contributed by atoms with E-state index >= 15 is 0 Å². The quantitative estimate of drug-likeness (QED) is 0.549. The van der Waals surface area contributed by atoms with E-state index in [0.29, 0.717) is 0 Å². The first-order valence-corrected chi connectivity index (χ1v) is 7.07. The van der Waals surface area contributed by atoms with Crippen molar-refractivity contribution in [1.82, 2.24) is 0 Å². The highest BCUT2D eigenvalue weighted by Crippen LogP contribution is 2.35. The number of rotatable bonds is 1. The molecule has 0 spiro atoms. The van der Waals surface area contributed by atoms with Crippen LogP contribution in [0.4, 0.5) is 0 Å². The van der Waals surface area contributed by atoms with Crippen molar-refractivity contribution in [3.8, 4) is 0 Å². The third kappa shape index (κ3) is 1.74. The van der Waals surface area contributed by atoms with Crippen LogP contribution in [0, 0.1) is 10.5 Å². The van der Waals surface area contributed by atoms with Crippen molar-refractivity contribution in [1.29, 1.82) is 0 Å². The summed E-state index contributed by atoms with van der Waals surface area (Å²) in [6, 6.07) is 6.68. The number of hydrogen-bond acceptors (Lipinski definition) is 2. The van der Waals surface area contributed by atoms with Gasteiger partial charge in [0.1, 0.15) is 0 Å². The summed E-state index contributed by atoms with van der Waals surface area (Å²) in [7, 11) is 0. The molecule has 3 heteroatoms. The third-order valence-corrected chi connectivity index (χ3v) is 5.28. The molecule has 2 aromatic rings. The minimum atomic E-state index is 1.36. The molecule has 0 unspecified atom stereocenters. The minimum Gasteiger partial charge on any atom is -0.129 e. The zero-order valence-corrected chi connectivity index (χ0v) is 11.2. The fourth-order valence-corrected chi connectivity index (χ4v) is 3.80. The Hall–Kier alpha value is 0.260. The van der Waals surface area contributed by atoms with Crippen molar-refractivity contribution in [2.24, 2.45) is 0 Å². The van der Waals surface area contributed by atoms with Crippen LogP contribution in [0.25, 0.3) is 10.1 Å². The Bertz CT molecular complexity index is 406. The second kappa shape index (κ2) is 3.79. The Morgan fingerprint density at radius 3 is 2.77 bits per heavy atom. The Kier molecular flexibility index (Phi) is 2.86. The molecule has 0 aliphatic carbocycles. The van der Waals surface area contributed by atoms with Gasteiger partial charge in [-0.15, -0.1) is 23.1 Å². The Labute approximate surface area is 99.9 Å². The number of thioether (sulfide) groups is 1. The standard InChI is InChI=1S/C10H9IS2/c1-6-3-4-8(11)7-5-9(12-2)13-10(6)7/h3-5H,1-2H3. The topological polar surface area (TPSA) is 0 Å². The predicted octanol–water partition coefficient (Wildman–Crippen LogP) is 4.54. The largest absolute Gasteiger partial charge is 0.129 e. The van der Waals surface area contributed by atoms with Gasteiger partial charge in [-0.1, -0.05) is 6.07 Å². The van der Waals surface area contributed by atoms with E-state index in [1.165, 1.54) is 23.4 Å². The summed E-state index contributed by atoms with van der Waals surface area (Å²) in [6.07, 6.45) is 2.13. The summed E-state index contributed by atoms with van der Waals surface area (Å²) >= 11 is 6.13. The van der Waals surface area contributed by atoms with Crippen LogP contribution >= 0.6 is 45.7 Å². The SMILES string of the molecule is CSc1cc2c(I)ccc(C)c2s1. The molecule has 0 bridgehead atoms. The maximum Gasteiger partial charge on any atom is 0.0608 e. The van der Waals surface area contributed by atoms with Crippen LogP contribution in [0.15, 0.2) is 22.4 Å². The van der Waals surface area contributed by atoms with Gasteiger partial charge in [-0.25, -0.2) is 0 Å². The van der Waals surface area contributed by atoms with Crippen molar-refractivity contribution in [2.75, 3.05) is 6.26 Å². The summed E-state index contributed by atoms with van der Waals surface area (Å²) in [5, 5.41) is 1.41. The Morgan fingerprint density at radius 2 is 2.15 bits per heavy atom. The van der Waals surface area contributed by atoms with Gasteiger partial charge in [-0.05, 0) is 53.5 Å². The maximum absolute atomic E-state index is 2.40. The molecule has 0 aliphatic rings. The molecule has 1 heterocycles. The summed E-state index contributed by atoms with van der Waals surface area (Å²) in [5.74, 6) is 0. The zero-order chi connectivity index (χ0) is 9.42. The molecular weight excluding hydrogens is 311 g/mol. The average Bonchev–Trinajstić information content (AvgIpc) is 2.56. The van der Waals surface area contributed by atoms with Gasteiger partial charge in [0.25, 0.3) is 0 Å². The van der Waals surface area contributed by atoms with Gasteiger partial charge in [0, 0.05) is 13.7 Å². The molecule has 2 rings (SSSR count). The van der Waals surface area contributed by atoms with Crippen molar-refractivity contribution < 1.29 is 0 Å². The van der Waals surface area contributed by atoms with E-state index in [9.17, 15) is 0 Å². The fraction of sp³-hybridized carbons (Fsp3) is 0.200. The molecule has 0 saturated carbocycles. The van der Waals surface area contributed by atoms with E-state index < -0.39 is 0 Å². The fourth-order valence-electron chi connectivity index (χ4n) is 1.30. The summed E-state index contributed by atoms with van der Waals surface area (Å²) in [4.78, 5) is 0. The first kappa shape index (κ1) is 9.80. The van der Waals surface area contributed by atoms with Gasteiger partial charge in [0.15, 0.2) is 0 Å². The molecule has 68 valence electrons. The minimum absolute atomic E-state index is 1.36. The molecule has 0 fully saturated rings. The van der Waals surface area contributed by atoms with Gasteiger partial charge in [-0.2, -0.15) is 0 Å². The summed E-state index contributed by atoms with van der Waals surface area (Å²) in [6.45, 7) is 2.18. The lowest BCUT2D eigenvalue weighted by atomic mass is 10.2. The van der Waals surface area contributed by atoms with Crippen LogP contribution in [0.5, 0.6) is 0 Å². The molecule has 0 nitrogen and oxygen atoms in total. The predicted molar refractivity (Wildman–Crippen MR) is 71.1 cm³/mol. The third-order valence-electron chi connectivity index (χ3n) is 2.01. The first-order valence-electron chi connectivity index (χ1n) is 3.95.